The number of benzene rings is 2. The molecule has 4 rings (SSSR count). The Bertz CT molecular complexity index is 1080. The number of piperidine rings is 1. The summed E-state index contributed by atoms with van der Waals surface area (Å²) in [5, 5.41) is 14.9. The van der Waals surface area contributed by atoms with Crippen molar-refractivity contribution in [3.63, 3.8) is 0 Å². The Balaban J connectivity index is 1.47. The van der Waals surface area contributed by atoms with Gasteiger partial charge in [0.25, 0.3) is 0 Å². The molecule has 0 spiro atoms. The minimum atomic E-state index is -0.604. The summed E-state index contributed by atoms with van der Waals surface area (Å²) in [7, 11) is 0. The van der Waals surface area contributed by atoms with E-state index in [1.807, 2.05) is 60.7 Å². The number of hydrogen-bond donors (Lipinski definition) is 3. The predicted octanol–water partition coefficient (Wildman–Crippen LogP) is 3.56. The van der Waals surface area contributed by atoms with Gasteiger partial charge >= 0.3 is 5.69 Å². The molecule has 2 aromatic carbocycles. The average molecular weight is 476 g/mol. The number of nitrogens with zero attached hydrogens (tertiary/aromatic N) is 4. The molecule has 182 valence electrons. The minimum absolute atomic E-state index is 0.0845. The molecule has 1 aliphatic heterocycles. The summed E-state index contributed by atoms with van der Waals surface area (Å²) in [5.74, 6) is -0.942. The topological polar surface area (TPSA) is 125 Å². The van der Waals surface area contributed by atoms with Crippen LogP contribution in [0.4, 0.5) is 17.3 Å². The molecule has 1 fully saturated rings. The highest BCUT2D eigenvalue weighted by atomic mass is 16.6. The highest BCUT2D eigenvalue weighted by Crippen LogP contribution is 2.29. The number of carbonyl (C=O) groups is 1. The first kappa shape index (κ1) is 24.1. The molecule has 3 N–H and O–H groups in total. The predicted molar refractivity (Wildman–Crippen MR) is 134 cm³/mol. The molecule has 0 unspecified atom stereocenters. The number of anilines is 2. The van der Waals surface area contributed by atoms with Gasteiger partial charge in [-0.1, -0.05) is 67.1 Å². The quantitative estimate of drug-likeness (QED) is 0.300. The summed E-state index contributed by atoms with van der Waals surface area (Å²) in [6, 6.07) is 18.7. The summed E-state index contributed by atoms with van der Waals surface area (Å²) in [6.07, 6.45) is 4.83. The van der Waals surface area contributed by atoms with Crippen LogP contribution in [0, 0.1) is 10.1 Å². The second-order valence-electron chi connectivity index (χ2n) is 8.37. The van der Waals surface area contributed by atoms with Gasteiger partial charge in [0, 0.05) is 13.1 Å². The van der Waals surface area contributed by atoms with Crippen LogP contribution in [-0.2, 0) is 4.79 Å². The highest BCUT2D eigenvalue weighted by Gasteiger charge is 2.26. The lowest BCUT2D eigenvalue weighted by Crippen LogP contribution is -2.35. The molecule has 0 radical (unpaired) electrons. The second-order valence-corrected chi connectivity index (χ2v) is 8.37. The fourth-order valence-electron chi connectivity index (χ4n) is 4.27. The maximum atomic E-state index is 13.2. The van der Waals surface area contributed by atoms with Crippen LogP contribution in [0.5, 0.6) is 0 Å². The van der Waals surface area contributed by atoms with E-state index in [-0.39, 0.29) is 23.2 Å². The molecule has 1 amide bonds. The SMILES string of the molecule is O=C(NNc1ncnc(NCCN2CCCCC2)c1[N+](=O)[O-])C(c1ccccc1)c1ccccc1. The van der Waals surface area contributed by atoms with Crippen LogP contribution in [0.2, 0.25) is 0 Å². The van der Waals surface area contributed by atoms with Crippen LogP contribution in [0.1, 0.15) is 36.3 Å². The first-order valence-corrected chi connectivity index (χ1v) is 11.7. The van der Waals surface area contributed by atoms with Crippen molar-refractivity contribution < 1.29 is 9.72 Å². The third-order valence-corrected chi connectivity index (χ3v) is 6.01. The molecular weight excluding hydrogens is 446 g/mol. The van der Waals surface area contributed by atoms with Crippen LogP contribution in [0.3, 0.4) is 0 Å². The van der Waals surface area contributed by atoms with Crippen molar-refractivity contribution in [1.29, 1.82) is 0 Å². The van der Waals surface area contributed by atoms with E-state index in [2.05, 4.69) is 31.0 Å². The van der Waals surface area contributed by atoms with Crippen molar-refractivity contribution in [3.05, 3.63) is 88.2 Å². The molecule has 1 saturated heterocycles. The third kappa shape index (κ3) is 6.30. The van der Waals surface area contributed by atoms with Gasteiger partial charge in [-0.05, 0) is 37.1 Å². The van der Waals surface area contributed by atoms with E-state index in [0.717, 1.165) is 30.8 Å². The van der Waals surface area contributed by atoms with Crippen molar-refractivity contribution in [3.8, 4) is 0 Å². The summed E-state index contributed by atoms with van der Waals surface area (Å²) in [5.41, 5.74) is 6.54. The number of nitrogens with one attached hydrogen (secondary N) is 3. The van der Waals surface area contributed by atoms with E-state index < -0.39 is 10.8 Å². The van der Waals surface area contributed by atoms with Gasteiger partial charge in [-0.2, -0.15) is 0 Å². The number of rotatable bonds is 10. The smallest absolute Gasteiger partial charge is 0.354 e. The zero-order valence-electron chi connectivity index (χ0n) is 19.4. The maximum Gasteiger partial charge on any atom is 0.354 e. The molecule has 10 heteroatoms. The number of carbonyl (C=O) groups excluding carboxylic acids is 1. The average Bonchev–Trinajstić information content (AvgIpc) is 2.89. The van der Waals surface area contributed by atoms with Crippen LogP contribution in [-0.4, -0.2) is 51.9 Å². The molecular formula is C25H29N7O3. The van der Waals surface area contributed by atoms with Gasteiger partial charge in [-0.25, -0.2) is 9.97 Å². The molecule has 10 nitrogen and oxygen atoms in total. The van der Waals surface area contributed by atoms with Crippen molar-refractivity contribution in [1.82, 2.24) is 20.3 Å². The van der Waals surface area contributed by atoms with Gasteiger partial charge < -0.3 is 10.2 Å². The monoisotopic (exact) mass is 475 g/mol. The summed E-state index contributed by atoms with van der Waals surface area (Å²) < 4.78 is 0. The molecule has 3 aromatic rings. The maximum absolute atomic E-state index is 13.2. The van der Waals surface area contributed by atoms with Crippen molar-refractivity contribution in [2.45, 2.75) is 25.2 Å². The molecule has 1 aliphatic rings. The molecule has 35 heavy (non-hydrogen) atoms. The first-order chi connectivity index (χ1) is 17.1. The number of nitro groups is 1. The van der Waals surface area contributed by atoms with Crippen LogP contribution < -0.4 is 16.2 Å². The Morgan fingerprint density at radius 1 is 0.943 bits per heavy atom. The van der Waals surface area contributed by atoms with Crippen molar-refractivity contribution in [2.24, 2.45) is 0 Å². The first-order valence-electron chi connectivity index (χ1n) is 11.7. The Morgan fingerprint density at radius 2 is 1.54 bits per heavy atom. The molecule has 0 saturated carbocycles. The van der Waals surface area contributed by atoms with Crippen LogP contribution in [0.25, 0.3) is 0 Å². The van der Waals surface area contributed by atoms with E-state index in [9.17, 15) is 14.9 Å². The molecule has 2 heterocycles. The van der Waals surface area contributed by atoms with E-state index in [0.29, 0.717) is 6.54 Å². The van der Waals surface area contributed by atoms with Crippen molar-refractivity contribution in [2.75, 3.05) is 36.9 Å². The molecule has 0 bridgehead atoms. The number of hydrogen-bond acceptors (Lipinski definition) is 8. The van der Waals surface area contributed by atoms with Gasteiger partial charge in [0.15, 0.2) is 0 Å². The molecule has 1 aromatic heterocycles. The minimum Gasteiger partial charge on any atom is -0.363 e. The van der Waals surface area contributed by atoms with E-state index in [4.69, 9.17) is 0 Å². The summed E-state index contributed by atoms with van der Waals surface area (Å²) in [6.45, 7) is 3.37. The zero-order chi connectivity index (χ0) is 24.5. The van der Waals surface area contributed by atoms with E-state index in [1.54, 1.807) is 0 Å². The van der Waals surface area contributed by atoms with Gasteiger partial charge in [-0.15, -0.1) is 0 Å². The normalized spacial score (nSPS) is 13.9. The second kappa shape index (κ2) is 11.9. The zero-order valence-corrected chi connectivity index (χ0v) is 19.4. The number of amides is 1. The van der Waals surface area contributed by atoms with E-state index >= 15 is 0 Å². The number of aromatic nitrogens is 2. The molecule has 0 aliphatic carbocycles. The van der Waals surface area contributed by atoms with Crippen LogP contribution >= 0.6 is 0 Å². The van der Waals surface area contributed by atoms with Gasteiger partial charge in [0.1, 0.15) is 6.33 Å². The lowest BCUT2D eigenvalue weighted by atomic mass is 9.91. The Hall–Kier alpha value is -4.05. The largest absolute Gasteiger partial charge is 0.363 e. The fourth-order valence-corrected chi connectivity index (χ4v) is 4.27. The van der Waals surface area contributed by atoms with Gasteiger partial charge in [-0.3, -0.25) is 25.8 Å². The lowest BCUT2D eigenvalue weighted by molar-refractivity contribution is -0.383. The van der Waals surface area contributed by atoms with Gasteiger partial charge in [0.2, 0.25) is 17.5 Å². The molecule has 0 atom stereocenters. The number of likely N-dealkylation sites (tertiary alicyclic amines) is 1. The van der Waals surface area contributed by atoms with E-state index in [1.165, 1.54) is 25.6 Å². The third-order valence-electron chi connectivity index (χ3n) is 6.01. The van der Waals surface area contributed by atoms with Crippen molar-refractivity contribution >= 4 is 23.2 Å². The Morgan fingerprint density at radius 3 is 2.14 bits per heavy atom. The summed E-state index contributed by atoms with van der Waals surface area (Å²) >= 11 is 0. The number of hydrazine groups is 1. The fraction of sp³-hybridized carbons (Fsp3) is 0.320. The lowest BCUT2D eigenvalue weighted by Gasteiger charge is -2.26. The Kier molecular flexibility index (Phi) is 8.18. The Labute approximate surface area is 203 Å². The highest BCUT2D eigenvalue weighted by molar-refractivity contribution is 5.88. The standard InChI is InChI=1S/C25H29N7O3/c33-25(21(19-10-4-1-5-11-19)20-12-6-2-7-13-20)30-29-24-22(32(34)35)23(27-18-28-24)26-14-17-31-15-8-3-9-16-31/h1-2,4-7,10-13,18,21H,3,8-9,14-17H2,(H,30,33)(H2,26,27,28,29). The summed E-state index contributed by atoms with van der Waals surface area (Å²) in [4.78, 5) is 34.9. The van der Waals surface area contributed by atoms with Gasteiger partial charge in [0.05, 0.1) is 10.8 Å². The van der Waals surface area contributed by atoms with Crippen LogP contribution in [0.15, 0.2) is 67.0 Å².